The molecular weight excluding hydrogens is 256 g/mol. The zero-order chi connectivity index (χ0) is 14.4. The molecule has 1 aliphatic rings. The van der Waals surface area contributed by atoms with Crippen molar-refractivity contribution in [2.45, 2.75) is 6.42 Å². The van der Waals surface area contributed by atoms with Crippen molar-refractivity contribution in [2.24, 2.45) is 5.73 Å². The van der Waals surface area contributed by atoms with Crippen molar-refractivity contribution in [3.63, 3.8) is 0 Å². The van der Waals surface area contributed by atoms with Gasteiger partial charge >= 0.3 is 0 Å². The van der Waals surface area contributed by atoms with E-state index in [1.807, 2.05) is 30.3 Å². The molecule has 1 aromatic rings. The van der Waals surface area contributed by atoms with Crippen LogP contribution >= 0.6 is 0 Å². The Morgan fingerprint density at radius 2 is 1.75 bits per heavy atom. The highest BCUT2D eigenvalue weighted by atomic mass is 16.5. The van der Waals surface area contributed by atoms with Crippen molar-refractivity contribution in [3.05, 3.63) is 30.3 Å². The first kappa shape index (κ1) is 14.2. The Bertz CT molecular complexity index is 456. The maximum absolute atomic E-state index is 12.0. The third-order valence-electron chi connectivity index (χ3n) is 3.30. The first-order chi connectivity index (χ1) is 9.66. The summed E-state index contributed by atoms with van der Waals surface area (Å²) in [7, 11) is 0. The first-order valence-corrected chi connectivity index (χ1v) is 6.71. The summed E-state index contributed by atoms with van der Waals surface area (Å²) in [5.41, 5.74) is 5.42. The van der Waals surface area contributed by atoms with E-state index in [0.717, 1.165) is 5.75 Å². The summed E-state index contributed by atoms with van der Waals surface area (Å²) >= 11 is 0. The second kappa shape index (κ2) is 6.79. The molecule has 0 spiro atoms. The summed E-state index contributed by atoms with van der Waals surface area (Å²) in [5.74, 6) is 0.940. The number of piperazine rings is 1. The van der Waals surface area contributed by atoms with E-state index in [-0.39, 0.29) is 11.9 Å². The van der Waals surface area contributed by atoms with Crippen LogP contribution in [0.2, 0.25) is 0 Å². The summed E-state index contributed by atoms with van der Waals surface area (Å²) in [6, 6.07) is 9.47. The van der Waals surface area contributed by atoms with E-state index in [1.165, 1.54) is 0 Å². The Morgan fingerprint density at radius 1 is 1.15 bits per heavy atom. The molecule has 1 aromatic carbocycles. The number of benzene rings is 1. The number of amides is 1. The van der Waals surface area contributed by atoms with Gasteiger partial charge in [-0.05, 0) is 12.1 Å². The van der Waals surface area contributed by atoms with Gasteiger partial charge in [0.15, 0.2) is 5.96 Å². The van der Waals surface area contributed by atoms with Crippen molar-refractivity contribution >= 4 is 11.9 Å². The molecule has 0 bridgehead atoms. The summed E-state index contributed by atoms with van der Waals surface area (Å²) in [5, 5.41) is 7.35. The number of nitrogens with zero attached hydrogens (tertiary/aromatic N) is 2. The molecule has 3 N–H and O–H groups in total. The SMILES string of the molecule is N=C(N)N1CCN(C(=O)CCOc2ccccc2)CC1. The Morgan fingerprint density at radius 3 is 2.35 bits per heavy atom. The summed E-state index contributed by atoms with van der Waals surface area (Å²) < 4.78 is 5.51. The van der Waals surface area contributed by atoms with Crippen LogP contribution in [0.4, 0.5) is 0 Å². The minimum absolute atomic E-state index is 0.0736. The molecule has 108 valence electrons. The van der Waals surface area contributed by atoms with E-state index in [2.05, 4.69) is 0 Å². The highest BCUT2D eigenvalue weighted by molar-refractivity contribution is 5.78. The Hall–Kier alpha value is -2.24. The number of hydrogen-bond donors (Lipinski definition) is 2. The number of ether oxygens (including phenoxy) is 1. The number of nitrogens with one attached hydrogen (secondary N) is 1. The van der Waals surface area contributed by atoms with Gasteiger partial charge in [-0.25, -0.2) is 0 Å². The Balaban J connectivity index is 1.69. The zero-order valence-electron chi connectivity index (χ0n) is 11.4. The van der Waals surface area contributed by atoms with Gasteiger partial charge in [0, 0.05) is 26.2 Å². The van der Waals surface area contributed by atoms with Crippen molar-refractivity contribution in [1.82, 2.24) is 9.80 Å². The average molecular weight is 276 g/mol. The predicted molar refractivity (Wildman–Crippen MR) is 76.6 cm³/mol. The summed E-state index contributed by atoms with van der Waals surface area (Å²) in [4.78, 5) is 15.6. The fraction of sp³-hybridized carbons (Fsp3) is 0.429. The topological polar surface area (TPSA) is 82.7 Å². The van der Waals surface area contributed by atoms with Gasteiger partial charge in [0.2, 0.25) is 5.91 Å². The third kappa shape index (κ3) is 3.88. The van der Waals surface area contributed by atoms with Crippen molar-refractivity contribution in [1.29, 1.82) is 5.41 Å². The molecular formula is C14H20N4O2. The van der Waals surface area contributed by atoms with E-state index in [4.69, 9.17) is 15.9 Å². The maximum atomic E-state index is 12.0. The molecule has 1 amide bonds. The molecule has 0 atom stereocenters. The lowest BCUT2D eigenvalue weighted by molar-refractivity contribution is -0.133. The van der Waals surface area contributed by atoms with E-state index in [9.17, 15) is 4.79 Å². The van der Waals surface area contributed by atoms with Crippen molar-refractivity contribution in [3.8, 4) is 5.75 Å². The van der Waals surface area contributed by atoms with Crippen LogP contribution in [0.5, 0.6) is 5.75 Å². The van der Waals surface area contributed by atoms with E-state index < -0.39 is 0 Å². The van der Waals surface area contributed by atoms with Crippen LogP contribution in [0.15, 0.2) is 30.3 Å². The Labute approximate surface area is 118 Å². The quantitative estimate of drug-likeness (QED) is 0.619. The highest BCUT2D eigenvalue weighted by Gasteiger charge is 2.21. The summed E-state index contributed by atoms with van der Waals surface area (Å²) in [6.07, 6.45) is 0.370. The molecule has 0 saturated carbocycles. The number of carbonyl (C=O) groups excluding carboxylic acids is 1. The van der Waals surface area contributed by atoms with Crippen LogP contribution < -0.4 is 10.5 Å². The molecule has 0 unspecified atom stereocenters. The molecule has 1 fully saturated rings. The standard InChI is InChI=1S/C14H20N4O2/c15-14(16)18-9-7-17(8-10-18)13(19)6-11-20-12-4-2-1-3-5-12/h1-5H,6-11H2,(H3,15,16). The number of nitrogens with two attached hydrogens (primary N) is 1. The molecule has 1 saturated heterocycles. The second-order valence-corrected chi connectivity index (χ2v) is 4.66. The van der Waals surface area contributed by atoms with Gasteiger partial charge in [-0.15, -0.1) is 0 Å². The number of para-hydroxylation sites is 1. The van der Waals surface area contributed by atoms with E-state index >= 15 is 0 Å². The number of rotatable bonds is 4. The second-order valence-electron chi connectivity index (χ2n) is 4.66. The molecule has 0 aliphatic carbocycles. The number of hydrogen-bond acceptors (Lipinski definition) is 3. The van der Waals surface area contributed by atoms with Crippen LogP contribution in [-0.4, -0.2) is 54.5 Å². The van der Waals surface area contributed by atoms with Crippen LogP contribution in [0.1, 0.15) is 6.42 Å². The minimum Gasteiger partial charge on any atom is -0.493 e. The lowest BCUT2D eigenvalue weighted by atomic mass is 10.3. The fourth-order valence-corrected chi connectivity index (χ4v) is 2.13. The van der Waals surface area contributed by atoms with Gasteiger partial charge in [-0.1, -0.05) is 18.2 Å². The van der Waals surface area contributed by atoms with Crippen LogP contribution in [0, 0.1) is 5.41 Å². The summed E-state index contributed by atoms with van der Waals surface area (Å²) in [6.45, 7) is 2.87. The van der Waals surface area contributed by atoms with Crippen LogP contribution in [0.25, 0.3) is 0 Å². The average Bonchev–Trinajstić information content (AvgIpc) is 2.48. The van der Waals surface area contributed by atoms with Gasteiger partial charge in [0.25, 0.3) is 0 Å². The van der Waals surface area contributed by atoms with Gasteiger partial charge in [-0.2, -0.15) is 0 Å². The maximum Gasteiger partial charge on any atom is 0.226 e. The fourth-order valence-electron chi connectivity index (χ4n) is 2.13. The minimum atomic E-state index is 0.0736. The Kier molecular flexibility index (Phi) is 4.81. The highest BCUT2D eigenvalue weighted by Crippen LogP contribution is 2.09. The van der Waals surface area contributed by atoms with E-state index in [0.29, 0.717) is 39.2 Å². The van der Waals surface area contributed by atoms with Crippen molar-refractivity contribution < 1.29 is 9.53 Å². The largest absolute Gasteiger partial charge is 0.493 e. The van der Waals surface area contributed by atoms with E-state index in [1.54, 1.807) is 9.80 Å². The van der Waals surface area contributed by atoms with Crippen molar-refractivity contribution in [2.75, 3.05) is 32.8 Å². The van der Waals surface area contributed by atoms with Crippen LogP contribution in [0.3, 0.4) is 0 Å². The lowest BCUT2D eigenvalue weighted by Gasteiger charge is -2.34. The molecule has 1 aliphatic heterocycles. The van der Waals surface area contributed by atoms with Gasteiger partial charge in [0.1, 0.15) is 5.75 Å². The molecule has 6 nitrogen and oxygen atoms in total. The molecule has 2 rings (SSSR count). The smallest absolute Gasteiger partial charge is 0.226 e. The predicted octanol–water partition coefficient (Wildman–Crippen LogP) is 0.493. The third-order valence-corrected chi connectivity index (χ3v) is 3.30. The molecule has 0 radical (unpaired) electrons. The van der Waals surface area contributed by atoms with Gasteiger partial charge in [-0.3, -0.25) is 10.2 Å². The van der Waals surface area contributed by atoms with Gasteiger partial charge in [0.05, 0.1) is 13.0 Å². The molecule has 0 aromatic heterocycles. The van der Waals surface area contributed by atoms with Crippen LogP contribution in [-0.2, 0) is 4.79 Å². The first-order valence-electron chi connectivity index (χ1n) is 6.71. The normalized spacial score (nSPS) is 15.0. The zero-order valence-corrected chi connectivity index (χ0v) is 11.4. The number of guanidine groups is 1. The lowest BCUT2D eigenvalue weighted by Crippen LogP contribution is -2.52. The molecule has 1 heterocycles. The molecule has 6 heteroatoms. The molecule has 20 heavy (non-hydrogen) atoms. The number of carbonyl (C=O) groups is 1. The monoisotopic (exact) mass is 276 g/mol. The van der Waals surface area contributed by atoms with Gasteiger partial charge < -0.3 is 20.3 Å².